The minimum absolute atomic E-state index is 0.0799. The van der Waals surface area contributed by atoms with Crippen LogP contribution in [0.4, 0.5) is 0 Å². The van der Waals surface area contributed by atoms with Crippen molar-refractivity contribution in [2.45, 2.75) is 34.3 Å². The molecular formula is C36H35N3O6. The molecule has 45 heavy (non-hydrogen) atoms. The summed E-state index contributed by atoms with van der Waals surface area (Å²) in [5.74, 6) is 1.38. The number of hydrogen-bond acceptors (Lipinski definition) is 7. The molecule has 0 spiro atoms. The Kier molecular flexibility index (Phi) is 9.79. The second-order valence-corrected chi connectivity index (χ2v) is 10.1. The molecule has 0 unspecified atom stereocenters. The van der Waals surface area contributed by atoms with Crippen molar-refractivity contribution in [3.05, 3.63) is 131 Å². The third kappa shape index (κ3) is 7.33. The summed E-state index contributed by atoms with van der Waals surface area (Å²) < 4.78 is 25.3. The van der Waals surface area contributed by atoms with Crippen LogP contribution in [0.25, 0.3) is 5.69 Å². The number of hydrogen-bond donors (Lipinski definition) is 1. The summed E-state index contributed by atoms with van der Waals surface area (Å²) in [5, 5.41) is 4.10. The predicted octanol–water partition coefficient (Wildman–Crippen LogP) is 7.06. The maximum atomic E-state index is 13.3. The van der Waals surface area contributed by atoms with E-state index in [4.69, 9.17) is 18.6 Å². The molecule has 0 fully saturated rings. The average molecular weight is 606 g/mol. The van der Waals surface area contributed by atoms with E-state index >= 15 is 0 Å². The van der Waals surface area contributed by atoms with Crippen LogP contribution in [-0.4, -0.2) is 35.7 Å². The van der Waals surface area contributed by atoms with E-state index in [0.717, 1.165) is 17.1 Å². The van der Waals surface area contributed by atoms with Gasteiger partial charge in [-0.2, -0.15) is 5.10 Å². The Labute approximate surface area is 262 Å². The average Bonchev–Trinajstić information content (AvgIpc) is 3.67. The molecule has 0 atom stereocenters. The molecular weight excluding hydrogens is 570 g/mol. The van der Waals surface area contributed by atoms with Crippen LogP contribution in [0.5, 0.6) is 17.2 Å². The van der Waals surface area contributed by atoms with Crippen molar-refractivity contribution in [2.75, 3.05) is 13.2 Å². The van der Waals surface area contributed by atoms with Gasteiger partial charge < -0.3 is 23.2 Å². The molecule has 0 aliphatic carbocycles. The molecule has 0 radical (unpaired) electrons. The lowest BCUT2D eigenvalue weighted by Crippen LogP contribution is -2.17. The fourth-order valence-corrected chi connectivity index (χ4v) is 4.87. The molecule has 0 saturated heterocycles. The first-order valence-corrected chi connectivity index (χ1v) is 14.7. The van der Waals surface area contributed by atoms with Crippen molar-refractivity contribution in [3.8, 4) is 22.9 Å². The van der Waals surface area contributed by atoms with Gasteiger partial charge in [-0.1, -0.05) is 30.3 Å². The molecule has 3 aromatic carbocycles. The lowest BCUT2D eigenvalue weighted by Gasteiger charge is -2.14. The molecule has 1 N–H and O–H groups in total. The van der Waals surface area contributed by atoms with Crippen LogP contribution in [0.1, 0.15) is 63.0 Å². The van der Waals surface area contributed by atoms with Gasteiger partial charge in [0, 0.05) is 34.3 Å². The minimum Gasteiger partial charge on any atom is -0.493 e. The Hall–Kier alpha value is -5.57. The van der Waals surface area contributed by atoms with Crippen molar-refractivity contribution in [1.82, 2.24) is 9.99 Å². The Bertz CT molecular complexity index is 1780. The Balaban J connectivity index is 1.24. The summed E-state index contributed by atoms with van der Waals surface area (Å²) in [7, 11) is 0. The maximum Gasteiger partial charge on any atom is 0.307 e. The number of carbonyl (C=O) groups is 2. The third-order valence-corrected chi connectivity index (χ3v) is 6.99. The van der Waals surface area contributed by atoms with Gasteiger partial charge >= 0.3 is 5.91 Å². The highest BCUT2D eigenvalue weighted by atomic mass is 16.5. The highest BCUT2D eigenvalue weighted by Gasteiger charge is 2.19. The highest BCUT2D eigenvalue weighted by molar-refractivity contribution is 6.11. The van der Waals surface area contributed by atoms with E-state index in [1.54, 1.807) is 48.5 Å². The predicted molar refractivity (Wildman–Crippen MR) is 172 cm³/mol. The van der Waals surface area contributed by atoms with Crippen molar-refractivity contribution < 1.29 is 28.2 Å². The lowest BCUT2D eigenvalue weighted by molar-refractivity contribution is 0.0922. The normalized spacial score (nSPS) is 11.0. The quantitative estimate of drug-likeness (QED) is 0.0876. The van der Waals surface area contributed by atoms with Gasteiger partial charge in [0.25, 0.3) is 0 Å². The number of rotatable bonds is 13. The van der Waals surface area contributed by atoms with E-state index in [-0.39, 0.29) is 18.2 Å². The zero-order valence-corrected chi connectivity index (χ0v) is 25.7. The fourth-order valence-electron chi connectivity index (χ4n) is 4.87. The summed E-state index contributed by atoms with van der Waals surface area (Å²) in [6.45, 7) is 8.74. The number of nitrogens with one attached hydrogen (secondary N) is 1. The molecule has 0 saturated carbocycles. The summed E-state index contributed by atoms with van der Waals surface area (Å²) in [6.07, 6.45) is 1.42. The molecule has 0 aliphatic heterocycles. The van der Waals surface area contributed by atoms with E-state index < -0.39 is 5.91 Å². The zero-order chi connectivity index (χ0) is 31.8. The van der Waals surface area contributed by atoms with Gasteiger partial charge in [0.1, 0.15) is 29.6 Å². The van der Waals surface area contributed by atoms with Crippen LogP contribution in [0, 0.1) is 13.8 Å². The number of carbonyl (C=O) groups excluding carboxylic acids is 2. The SMILES string of the molecule is CCOc1cc(OCC)c(C(=O)c2ccccc2)cc1/C=N/NC(=O)c1ccc(COc2ccc(-n3c(C)ccc3C)cc2)o1. The van der Waals surface area contributed by atoms with Crippen LogP contribution < -0.4 is 19.6 Å². The van der Waals surface area contributed by atoms with Crippen molar-refractivity contribution in [2.24, 2.45) is 5.10 Å². The van der Waals surface area contributed by atoms with Gasteiger partial charge in [-0.3, -0.25) is 9.59 Å². The van der Waals surface area contributed by atoms with E-state index in [1.807, 2.05) is 44.2 Å². The number of amides is 1. The topological polar surface area (TPSA) is 104 Å². The van der Waals surface area contributed by atoms with E-state index in [1.165, 1.54) is 6.21 Å². The Morgan fingerprint density at radius 3 is 2.20 bits per heavy atom. The number of aryl methyl sites for hydroxylation is 2. The van der Waals surface area contributed by atoms with Crippen molar-refractivity contribution >= 4 is 17.9 Å². The van der Waals surface area contributed by atoms with E-state index in [2.05, 4.69) is 41.1 Å². The van der Waals surface area contributed by atoms with Crippen molar-refractivity contribution in [1.29, 1.82) is 0 Å². The smallest absolute Gasteiger partial charge is 0.307 e. The second kappa shape index (κ2) is 14.3. The largest absolute Gasteiger partial charge is 0.493 e. The number of aromatic nitrogens is 1. The molecule has 5 aromatic rings. The first-order chi connectivity index (χ1) is 21.9. The van der Waals surface area contributed by atoms with Gasteiger partial charge in [-0.25, -0.2) is 5.43 Å². The number of furan rings is 1. The molecule has 9 heteroatoms. The summed E-state index contributed by atoms with van der Waals surface area (Å²) in [4.78, 5) is 26.1. The molecule has 5 rings (SSSR count). The maximum absolute atomic E-state index is 13.3. The Morgan fingerprint density at radius 2 is 1.51 bits per heavy atom. The third-order valence-electron chi connectivity index (χ3n) is 6.99. The van der Waals surface area contributed by atoms with Crippen molar-refractivity contribution in [3.63, 3.8) is 0 Å². The molecule has 2 aromatic heterocycles. The molecule has 0 aliphatic rings. The van der Waals surface area contributed by atoms with Crippen LogP contribution in [0.3, 0.4) is 0 Å². The fraction of sp³-hybridized carbons (Fsp3) is 0.194. The zero-order valence-electron chi connectivity index (χ0n) is 25.7. The van der Waals surface area contributed by atoms with Gasteiger partial charge in [0.15, 0.2) is 11.5 Å². The first kappa shape index (κ1) is 30.9. The summed E-state index contributed by atoms with van der Waals surface area (Å²) in [5.41, 5.74) is 7.23. The second-order valence-electron chi connectivity index (χ2n) is 10.1. The molecule has 230 valence electrons. The van der Waals surface area contributed by atoms with E-state index in [0.29, 0.717) is 52.9 Å². The van der Waals surface area contributed by atoms with Gasteiger partial charge in [-0.05, 0) is 82.3 Å². The van der Waals surface area contributed by atoms with Gasteiger partial charge in [0.05, 0.1) is 25.0 Å². The van der Waals surface area contributed by atoms with E-state index in [9.17, 15) is 9.59 Å². The number of nitrogens with zero attached hydrogens (tertiary/aromatic N) is 2. The van der Waals surface area contributed by atoms with Crippen LogP contribution in [0.15, 0.2) is 101 Å². The molecule has 0 bridgehead atoms. The molecule has 9 nitrogen and oxygen atoms in total. The van der Waals surface area contributed by atoms with Crippen LogP contribution >= 0.6 is 0 Å². The van der Waals surface area contributed by atoms with Gasteiger partial charge in [0.2, 0.25) is 0 Å². The lowest BCUT2D eigenvalue weighted by atomic mass is 10.00. The molecule has 1 amide bonds. The standard InChI is InChI=1S/C36H35N3O6/c1-5-42-33-21-34(43-6-2)31(35(40)26-10-8-7-9-11-26)20-27(33)22-37-38-36(41)32-19-18-30(45-32)23-44-29-16-14-28(15-17-29)39-24(3)12-13-25(39)4/h7-22H,5-6,23H2,1-4H3,(H,38,41)/b37-22+. The van der Waals surface area contributed by atoms with Crippen LogP contribution in [-0.2, 0) is 6.61 Å². The number of hydrazone groups is 1. The Morgan fingerprint density at radius 1 is 0.822 bits per heavy atom. The molecule has 2 heterocycles. The van der Waals surface area contributed by atoms with Gasteiger partial charge in [-0.15, -0.1) is 0 Å². The summed E-state index contributed by atoms with van der Waals surface area (Å²) in [6, 6.07) is 27.4. The highest BCUT2D eigenvalue weighted by Crippen LogP contribution is 2.31. The first-order valence-electron chi connectivity index (χ1n) is 14.7. The number of ether oxygens (including phenoxy) is 3. The minimum atomic E-state index is -0.538. The number of ketones is 1. The summed E-state index contributed by atoms with van der Waals surface area (Å²) >= 11 is 0. The van der Waals surface area contributed by atoms with Crippen LogP contribution in [0.2, 0.25) is 0 Å². The number of benzene rings is 3. The monoisotopic (exact) mass is 605 g/mol.